The number of methoxy groups -OCH3 is 2. The molecule has 1 aromatic carbocycles. The highest BCUT2D eigenvalue weighted by Gasteiger charge is 2.44. The first-order valence-electron chi connectivity index (χ1n) is 19.8. The van der Waals surface area contributed by atoms with Gasteiger partial charge in [-0.25, -0.2) is 0 Å². The number of ether oxygens (including phenoxy) is 2. The smallest absolute Gasteiger partial charge is 0.226 e. The van der Waals surface area contributed by atoms with E-state index < -0.39 is 41.7 Å². The number of likely N-dealkylation sites (tertiary alicyclic amines) is 1. The van der Waals surface area contributed by atoms with Crippen molar-refractivity contribution in [2.45, 2.75) is 143 Å². The summed E-state index contributed by atoms with van der Waals surface area (Å²) in [5.41, 5.74) is 0.211. The lowest BCUT2D eigenvalue weighted by Gasteiger charge is -2.41. The van der Waals surface area contributed by atoms with E-state index in [0.29, 0.717) is 19.4 Å². The number of benzene rings is 1. The Hall–Kier alpha value is -3.28. The van der Waals surface area contributed by atoms with Crippen molar-refractivity contribution >= 4 is 23.5 Å². The van der Waals surface area contributed by atoms with Gasteiger partial charge in [0, 0.05) is 46.2 Å². The van der Waals surface area contributed by atoms with Crippen LogP contribution in [-0.4, -0.2) is 120 Å². The lowest BCUT2D eigenvalue weighted by Crippen LogP contribution is -2.55. The van der Waals surface area contributed by atoms with Gasteiger partial charge in [-0.05, 0) is 71.4 Å². The Bertz CT molecular complexity index is 1380. The molecule has 2 rings (SSSR count). The molecular formula is C43H72N4O7. The molecule has 54 heavy (non-hydrogen) atoms. The Morgan fingerprint density at radius 3 is 2.11 bits per heavy atom. The van der Waals surface area contributed by atoms with Crippen LogP contribution in [0.5, 0.6) is 0 Å². The molecule has 1 saturated heterocycles. The van der Waals surface area contributed by atoms with Gasteiger partial charge in [0.2, 0.25) is 17.7 Å². The highest BCUT2D eigenvalue weighted by molar-refractivity contribution is 5.92. The fraction of sp³-hybridized carbons (Fsp3) is 0.721. The van der Waals surface area contributed by atoms with Crippen LogP contribution in [0.2, 0.25) is 0 Å². The van der Waals surface area contributed by atoms with Crippen molar-refractivity contribution in [1.82, 2.24) is 20.0 Å². The van der Waals surface area contributed by atoms with E-state index >= 15 is 0 Å². The van der Waals surface area contributed by atoms with Crippen LogP contribution in [0.1, 0.15) is 100.0 Å². The zero-order valence-electron chi connectivity index (χ0n) is 35.6. The van der Waals surface area contributed by atoms with Gasteiger partial charge in [-0.1, -0.05) is 78.0 Å². The van der Waals surface area contributed by atoms with Crippen LogP contribution in [0.4, 0.5) is 0 Å². The first-order chi connectivity index (χ1) is 25.2. The number of rotatable bonds is 22. The van der Waals surface area contributed by atoms with E-state index in [-0.39, 0.29) is 66.0 Å². The fourth-order valence-corrected chi connectivity index (χ4v) is 7.87. The van der Waals surface area contributed by atoms with Crippen LogP contribution in [0.15, 0.2) is 42.7 Å². The Labute approximate surface area is 326 Å². The second-order valence-electron chi connectivity index (χ2n) is 16.6. The summed E-state index contributed by atoms with van der Waals surface area (Å²) in [7, 11) is 6.84. The predicted molar refractivity (Wildman–Crippen MR) is 215 cm³/mol. The number of carbonyl (C=O) groups is 4. The molecule has 0 bridgehead atoms. The molecule has 0 aliphatic carbocycles. The lowest BCUT2D eigenvalue weighted by atomic mass is 9.82. The van der Waals surface area contributed by atoms with Crippen molar-refractivity contribution in [3.05, 3.63) is 48.2 Å². The average molecular weight is 757 g/mol. The summed E-state index contributed by atoms with van der Waals surface area (Å²) in [5, 5.41) is 13.3. The van der Waals surface area contributed by atoms with Gasteiger partial charge in [0.1, 0.15) is 5.76 Å². The molecule has 3 amide bonds. The third-order valence-corrected chi connectivity index (χ3v) is 12.1. The Morgan fingerprint density at radius 1 is 1.00 bits per heavy atom. The summed E-state index contributed by atoms with van der Waals surface area (Å²) in [6, 6.07) is 8.27. The molecule has 1 aliphatic rings. The highest BCUT2D eigenvalue weighted by Crippen LogP contribution is 2.31. The monoisotopic (exact) mass is 757 g/mol. The first-order valence-corrected chi connectivity index (χ1v) is 19.8. The van der Waals surface area contributed by atoms with Gasteiger partial charge in [0.05, 0.1) is 48.2 Å². The predicted octanol–water partition coefficient (Wildman–Crippen LogP) is 6.06. The lowest BCUT2D eigenvalue weighted by molar-refractivity contribution is -0.149. The number of hydrogen-bond donors (Lipinski definition) is 2. The molecule has 2 N–H and O–H groups in total. The largest absolute Gasteiger partial charge is 0.511 e. The van der Waals surface area contributed by atoms with Gasteiger partial charge in [0.25, 0.3) is 0 Å². The maximum atomic E-state index is 14.3. The summed E-state index contributed by atoms with van der Waals surface area (Å²) >= 11 is 0. The summed E-state index contributed by atoms with van der Waals surface area (Å²) in [5.74, 6) is -1.93. The minimum absolute atomic E-state index is 0.00125. The summed E-state index contributed by atoms with van der Waals surface area (Å²) in [6.45, 7) is 22.0. The zero-order valence-corrected chi connectivity index (χ0v) is 35.6. The highest BCUT2D eigenvalue weighted by atomic mass is 16.5. The van der Waals surface area contributed by atoms with E-state index in [9.17, 15) is 24.3 Å². The molecule has 306 valence electrons. The normalized spacial score (nSPS) is 18.9. The van der Waals surface area contributed by atoms with Gasteiger partial charge < -0.3 is 29.7 Å². The topological polar surface area (TPSA) is 129 Å². The number of nitrogens with zero attached hydrogens (tertiary/aromatic N) is 3. The molecule has 0 radical (unpaired) electrons. The minimum atomic E-state index is -0.737. The van der Waals surface area contributed by atoms with E-state index in [1.165, 1.54) is 0 Å². The number of Topliss-reactive ketones (excluding diaryl/α,β-unsaturated/α-hetero) is 1. The third kappa shape index (κ3) is 11.9. The van der Waals surface area contributed by atoms with Crippen molar-refractivity contribution in [1.29, 1.82) is 0 Å². The van der Waals surface area contributed by atoms with Crippen LogP contribution >= 0.6 is 0 Å². The number of hydrogen-bond acceptors (Lipinski definition) is 8. The maximum Gasteiger partial charge on any atom is 0.226 e. The molecule has 0 unspecified atom stereocenters. The number of aliphatic hydroxyl groups is 1. The number of nitrogens with one attached hydrogen (secondary N) is 1. The second-order valence-corrected chi connectivity index (χ2v) is 16.6. The van der Waals surface area contributed by atoms with E-state index in [1.54, 1.807) is 38.0 Å². The van der Waals surface area contributed by atoms with E-state index in [4.69, 9.17) is 9.47 Å². The zero-order chi connectivity index (χ0) is 41.1. The van der Waals surface area contributed by atoms with E-state index in [1.807, 2.05) is 83.8 Å². The summed E-state index contributed by atoms with van der Waals surface area (Å²) in [4.78, 5) is 61.5. The fourth-order valence-electron chi connectivity index (χ4n) is 7.87. The maximum absolute atomic E-state index is 14.3. The van der Waals surface area contributed by atoms with Crippen LogP contribution in [-0.2, 0) is 35.1 Å². The minimum Gasteiger partial charge on any atom is -0.511 e. The number of ketones is 1. The summed E-state index contributed by atoms with van der Waals surface area (Å²) in [6.07, 6.45) is 1.51. The van der Waals surface area contributed by atoms with Gasteiger partial charge >= 0.3 is 0 Å². The standard InChI is InChI=1S/C43H72N4O7/c1-15-29(6)39(45(11)42(52)33(27(2)3)25-37(49)43(9,10)46(12)28(4)5)36(53-13)26-38(50)47-23-19-22-35(47)40(54-14)30(7)41(51)44-34(31(8)48)24-32-20-17-16-18-21-32/h16-18,20-21,27-30,33-36,39-40,48H,8,15,19,22-26H2,1-7,9-14H3,(H,44,51)/t29-,30+,33-,34-,35-,36+,39-,40+/m0/s1. The molecule has 11 nitrogen and oxygen atoms in total. The van der Waals surface area contributed by atoms with Crippen LogP contribution in [0.25, 0.3) is 0 Å². The van der Waals surface area contributed by atoms with Crippen molar-refractivity contribution in [2.75, 3.05) is 34.9 Å². The average Bonchev–Trinajstić information content (AvgIpc) is 3.62. The Kier molecular flexibility index (Phi) is 18.3. The van der Waals surface area contributed by atoms with E-state index in [0.717, 1.165) is 18.4 Å². The van der Waals surface area contributed by atoms with Crippen molar-refractivity contribution in [2.24, 2.45) is 23.7 Å². The van der Waals surface area contributed by atoms with Crippen molar-refractivity contribution in [3.63, 3.8) is 0 Å². The van der Waals surface area contributed by atoms with Crippen LogP contribution in [0.3, 0.4) is 0 Å². The quantitative estimate of drug-likeness (QED) is 0.137. The number of aliphatic hydroxyl groups excluding tert-OH is 1. The Balaban J connectivity index is 2.28. The molecule has 8 atom stereocenters. The molecule has 1 fully saturated rings. The molecule has 1 heterocycles. The number of carbonyl (C=O) groups excluding carboxylic acids is 4. The molecule has 0 spiro atoms. The third-order valence-electron chi connectivity index (χ3n) is 12.1. The van der Waals surface area contributed by atoms with Gasteiger partial charge in [-0.3, -0.25) is 24.1 Å². The first kappa shape index (κ1) is 46.9. The van der Waals surface area contributed by atoms with Gasteiger partial charge in [-0.2, -0.15) is 0 Å². The van der Waals surface area contributed by atoms with Crippen LogP contribution in [0, 0.1) is 23.7 Å². The molecule has 0 saturated carbocycles. The summed E-state index contributed by atoms with van der Waals surface area (Å²) < 4.78 is 12.0. The second kappa shape index (κ2) is 21.1. The Morgan fingerprint density at radius 2 is 1.61 bits per heavy atom. The van der Waals surface area contributed by atoms with Crippen molar-refractivity contribution < 1.29 is 33.8 Å². The molecule has 1 aliphatic heterocycles. The SMILES string of the molecule is C=C(O)[C@H](Cc1ccccc1)NC(=O)[C@H](C)[C@@H](OC)[C@@H]1CCCN1C(=O)C[C@@H](OC)[C@H]([C@@H](C)CC)N(C)C(=O)[C@@H](CC(=O)C(C)(C)N(C)C(C)C)C(C)C. The molecular weight excluding hydrogens is 684 g/mol. The molecule has 1 aromatic rings. The van der Waals surface area contributed by atoms with Crippen LogP contribution < -0.4 is 5.32 Å². The molecule has 11 heteroatoms. The molecule has 0 aromatic heterocycles. The van der Waals surface area contributed by atoms with Crippen molar-refractivity contribution in [3.8, 4) is 0 Å². The van der Waals surface area contributed by atoms with E-state index in [2.05, 4.69) is 25.7 Å². The van der Waals surface area contributed by atoms with Gasteiger partial charge in [0.15, 0.2) is 5.78 Å². The number of likely N-dealkylation sites (N-methyl/N-ethyl adjacent to an activating group) is 2. The van der Waals surface area contributed by atoms with Gasteiger partial charge in [-0.15, -0.1) is 0 Å². The number of amides is 3.